The third-order valence-electron chi connectivity index (χ3n) is 2.17. The van der Waals surface area contributed by atoms with Gasteiger partial charge < -0.3 is 4.90 Å². The van der Waals surface area contributed by atoms with Crippen molar-refractivity contribution in [2.45, 2.75) is 0 Å². The summed E-state index contributed by atoms with van der Waals surface area (Å²) in [6, 6.07) is 3.56. The fourth-order valence-corrected chi connectivity index (χ4v) is 1.69. The lowest BCUT2D eigenvalue weighted by molar-refractivity contribution is 0.0821. The summed E-state index contributed by atoms with van der Waals surface area (Å²) in [4.78, 5) is 17.2. The van der Waals surface area contributed by atoms with Crippen LogP contribution in [0.4, 0.5) is 0 Å². The molecule has 2 aromatic rings. The van der Waals surface area contributed by atoms with Crippen molar-refractivity contribution in [3.8, 4) is 5.69 Å². The summed E-state index contributed by atoms with van der Waals surface area (Å²) in [5.41, 5.74) is 1.21. The molecule has 2 aromatic heterocycles. The van der Waals surface area contributed by atoms with Gasteiger partial charge in [0, 0.05) is 31.0 Å². The molecule has 0 saturated heterocycles. The normalized spacial score (nSPS) is 10.3. The summed E-state index contributed by atoms with van der Waals surface area (Å²) < 4.78 is 2.49. The zero-order valence-electron chi connectivity index (χ0n) is 9.46. The number of rotatable bonds is 2. The molecular formula is C11H11BrN4O. The number of aromatic nitrogens is 3. The van der Waals surface area contributed by atoms with Gasteiger partial charge in [-0.3, -0.25) is 9.78 Å². The average Bonchev–Trinajstić information content (AvgIpc) is 2.77. The van der Waals surface area contributed by atoms with Gasteiger partial charge in [0.05, 0.1) is 11.9 Å². The Morgan fingerprint density at radius 2 is 2.18 bits per heavy atom. The van der Waals surface area contributed by atoms with Crippen LogP contribution in [0.15, 0.2) is 35.2 Å². The first-order chi connectivity index (χ1) is 8.08. The van der Waals surface area contributed by atoms with Crippen molar-refractivity contribution in [3.05, 3.63) is 40.9 Å². The molecule has 2 heterocycles. The van der Waals surface area contributed by atoms with Crippen LogP contribution in [0.3, 0.4) is 0 Å². The molecule has 0 aliphatic heterocycles. The number of amides is 1. The van der Waals surface area contributed by atoms with Gasteiger partial charge in [-0.15, -0.1) is 0 Å². The van der Waals surface area contributed by atoms with E-state index in [1.807, 2.05) is 6.07 Å². The summed E-state index contributed by atoms with van der Waals surface area (Å²) in [7, 11) is 3.39. The Morgan fingerprint density at radius 1 is 1.41 bits per heavy atom. The zero-order chi connectivity index (χ0) is 12.4. The first kappa shape index (κ1) is 11.8. The molecule has 6 heteroatoms. The van der Waals surface area contributed by atoms with Crippen LogP contribution >= 0.6 is 15.9 Å². The predicted octanol–water partition coefficient (Wildman–Crippen LogP) is 1.73. The molecular weight excluding hydrogens is 284 g/mol. The van der Waals surface area contributed by atoms with E-state index in [2.05, 4.69) is 26.0 Å². The molecule has 0 atom stereocenters. The molecule has 0 aromatic carbocycles. The van der Waals surface area contributed by atoms with E-state index in [1.165, 1.54) is 4.90 Å². The third kappa shape index (κ3) is 2.52. The molecule has 0 saturated carbocycles. The maximum Gasteiger partial charge on any atom is 0.273 e. The number of carbonyl (C=O) groups is 1. The highest BCUT2D eigenvalue weighted by Crippen LogP contribution is 2.13. The van der Waals surface area contributed by atoms with Crippen molar-refractivity contribution >= 4 is 21.8 Å². The first-order valence-corrected chi connectivity index (χ1v) is 5.75. The number of nitrogens with zero attached hydrogens (tertiary/aromatic N) is 4. The highest BCUT2D eigenvalue weighted by Gasteiger charge is 2.11. The quantitative estimate of drug-likeness (QED) is 0.848. The number of pyridine rings is 1. The van der Waals surface area contributed by atoms with Gasteiger partial charge in [-0.25, -0.2) is 4.68 Å². The molecule has 1 amide bonds. The molecule has 0 bridgehead atoms. The molecule has 2 rings (SSSR count). The largest absolute Gasteiger partial charge is 0.343 e. The number of carbonyl (C=O) groups excluding carboxylic acids is 1. The van der Waals surface area contributed by atoms with Crippen LogP contribution in [0.5, 0.6) is 0 Å². The number of hydrogen-bond acceptors (Lipinski definition) is 3. The first-order valence-electron chi connectivity index (χ1n) is 4.96. The minimum atomic E-state index is -0.119. The van der Waals surface area contributed by atoms with Crippen molar-refractivity contribution < 1.29 is 4.79 Å². The fraction of sp³-hybridized carbons (Fsp3) is 0.182. The molecule has 0 aliphatic rings. The van der Waals surface area contributed by atoms with Crippen LogP contribution < -0.4 is 0 Å². The molecule has 0 N–H and O–H groups in total. The van der Waals surface area contributed by atoms with Gasteiger partial charge >= 0.3 is 0 Å². The standard InChI is InChI=1S/C11H11BrN4O/c1-15(2)11(17)10-3-4-16(14-10)9-5-8(12)6-13-7-9/h3-7H,1-2H3. The lowest BCUT2D eigenvalue weighted by atomic mass is 10.4. The summed E-state index contributed by atoms with van der Waals surface area (Å²) >= 11 is 3.34. The van der Waals surface area contributed by atoms with E-state index in [0.717, 1.165) is 10.2 Å². The highest BCUT2D eigenvalue weighted by molar-refractivity contribution is 9.10. The Morgan fingerprint density at radius 3 is 2.82 bits per heavy atom. The van der Waals surface area contributed by atoms with Gasteiger partial charge in [0.15, 0.2) is 5.69 Å². The minimum Gasteiger partial charge on any atom is -0.343 e. The summed E-state index contributed by atoms with van der Waals surface area (Å²) in [6.07, 6.45) is 5.11. The van der Waals surface area contributed by atoms with E-state index in [4.69, 9.17) is 0 Å². The van der Waals surface area contributed by atoms with E-state index in [0.29, 0.717) is 5.69 Å². The molecule has 0 fully saturated rings. The predicted molar refractivity (Wildman–Crippen MR) is 67.1 cm³/mol. The second kappa shape index (κ2) is 4.67. The van der Waals surface area contributed by atoms with Crippen molar-refractivity contribution in [3.63, 3.8) is 0 Å². The lowest BCUT2D eigenvalue weighted by Crippen LogP contribution is -2.22. The van der Waals surface area contributed by atoms with E-state index < -0.39 is 0 Å². The summed E-state index contributed by atoms with van der Waals surface area (Å²) in [5.74, 6) is -0.119. The van der Waals surface area contributed by atoms with E-state index in [-0.39, 0.29) is 5.91 Å². The van der Waals surface area contributed by atoms with E-state index in [9.17, 15) is 4.79 Å². The molecule has 0 radical (unpaired) electrons. The van der Waals surface area contributed by atoms with Crippen LogP contribution in [0, 0.1) is 0 Å². The second-order valence-electron chi connectivity index (χ2n) is 3.71. The third-order valence-corrected chi connectivity index (χ3v) is 2.60. The molecule has 0 aliphatic carbocycles. The van der Waals surface area contributed by atoms with Crippen molar-refractivity contribution in [1.29, 1.82) is 0 Å². The van der Waals surface area contributed by atoms with Crippen LogP contribution in [-0.2, 0) is 0 Å². The second-order valence-corrected chi connectivity index (χ2v) is 4.62. The Kier molecular flexibility index (Phi) is 3.23. The van der Waals surface area contributed by atoms with Crippen molar-refractivity contribution in [2.75, 3.05) is 14.1 Å². The van der Waals surface area contributed by atoms with Crippen LogP contribution in [0.25, 0.3) is 5.69 Å². The Hall–Kier alpha value is -1.69. The van der Waals surface area contributed by atoms with Gasteiger partial charge in [0.1, 0.15) is 0 Å². The van der Waals surface area contributed by atoms with Crippen molar-refractivity contribution in [2.24, 2.45) is 0 Å². The van der Waals surface area contributed by atoms with Crippen LogP contribution in [0.1, 0.15) is 10.5 Å². The van der Waals surface area contributed by atoms with Gasteiger partial charge in [0.2, 0.25) is 0 Å². The molecule has 88 valence electrons. The van der Waals surface area contributed by atoms with E-state index >= 15 is 0 Å². The van der Waals surface area contributed by atoms with E-state index in [1.54, 1.807) is 43.4 Å². The zero-order valence-corrected chi connectivity index (χ0v) is 11.0. The molecule has 0 spiro atoms. The Labute approximate surface area is 107 Å². The van der Waals surface area contributed by atoms with Gasteiger partial charge in [-0.1, -0.05) is 0 Å². The fourth-order valence-electron chi connectivity index (χ4n) is 1.34. The lowest BCUT2D eigenvalue weighted by Gasteiger charge is -2.06. The minimum absolute atomic E-state index is 0.119. The van der Waals surface area contributed by atoms with Gasteiger partial charge in [-0.05, 0) is 28.1 Å². The van der Waals surface area contributed by atoms with Gasteiger partial charge in [-0.2, -0.15) is 5.10 Å². The van der Waals surface area contributed by atoms with Crippen LogP contribution in [-0.4, -0.2) is 39.7 Å². The maximum absolute atomic E-state index is 11.7. The van der Waals surface area contributed by atoms with Gasteiger partial charge in [0.25, 0.3) is 5.91 Å². The Balaban J connectivity index is 2.33. The highest BCUT2D eigenvalue weighted by atomic mass is 79.9. The topological polar surface area (TPSA) is 51.0 Å². The van der Waals surface area contributed by atoms with Crippen LogP contribution in [0.2, 0.25) is 0 Å². The number of halogens is 1. The molecule has 5 nitrogen and oxygen atoms in total. The summed E-state index contributed by atoms with van der Waals surface area (Å²) in [5, 5.41) is 4.21. The smallest absolute Gasteiger partial charge is 0.273 e. The molecule has 17 heavy (non-hydrogen) atoms. The Bertz CT molecular complexity index is 550. The average molecular weight is 295 g/mol. The summed E-state index contributed by atoms with van der Waals surface area (Å²) in [6.45, 7) is 0. The molecule has 0 unspecified atom stereocenters. The van der Waals surface area contributed by atoms with Crippen molar-refractivity contribution in [1.82, 2.24) is 19.7 Å². The number of hydrogen-bond donors (Lipinski definition) is 0. The maximum atomic E-state index is 11.7. The monoisotopic (exact) mass is 294 g/mol. The SMILES string of the molecule is CN(C)C(=O)c1ccn(-c2cncc(Br)c2)n1.